The molecule has 0 saturated heterocycles. The van der Waals surface area contributed by atoms with Crippen molar-refractivity contribution < 1.29 is 18.4 Å². The Labute approximate surface area is 228 Å². The smallest absolute Gasteiger partial charge is 0.297 e. The highest BCUT2D eigenvalue weighted by Crippen LogP contribution is 2.54. The van der Waals surface area contributed by atoms with Crippen LogP contribution >= 0.6 is 23.1 Å². The topological polar surface area (TPSA) is 96.6 Å². The molecule has 3 aromatic carbocycles. The average molecular weight is 557 g/mol. The van der Waals surface area contributed by atoms with Gasteiger partial charge in [-0.25, -0.2) is 4.39 Å². The van der Waals surface area contributed by atoms with Gasteiger partial charge in [-0.15, -0.1) is 10.2 Å². The highest BCUT2D eigenvalue weighted by atomic mass is 32.2. The van der Waals surface area contributed by atoms with E-state index in [9.17, 15) is 18.8 Å². The zero-order valence-corrected chi connectivity index (χ0v) is 21.9. The summed E-state index contributed by atoms with van der Waals surface area (Å²) in [6, 6.07) is 19.9. The Kier molecular flexibility index (Phi) is 5.23. The van der Waals surface area contributed by atoms with Crippen molar-refractivity contribution in [3.05, 3.63) is 111 Å². The van der Waals surface area contributed by atoms with Crippen LogP contribution in [0.25, 0.3) is 11.0 Å². The van der Waals surface area contributed by atoms with E-state index in [1.807, 2.05) is 0 Å². The molecule has 0 saturated carbocycles. The number of para-hydroxylation sites is 2. The Balaban J connectivity index is 1.41. The van der Waals surface area contributed by atoms with Crippen molar-refractivity contribution >= 4 is 56.7 Å². The summed E-state index contributed by atoms with van der Waals surface area (Å²) in [5, 5.41) is 8.98. The second kappa shape index (κ2) is 8.58. The number of amides is 2. The number of carbonyl (C=O) groups excluding carboxylic acids is 2. The molecule has 192 valence electrons. The molecule has 2 amide bonds. The first kappa shape index (κ1) is 23.7. The van der Waals surface area contributed by atoms with Gasteiger partial charge in [0.2, 0.25) is 10.9 Å². The third-order valence-corrected chi connectivity index (χ3v) is 9.14. The van der Waals surface area contributed by atoms with Crippen molar-refractivity contribution in [2.24, 2.45) is 0 Å². The van der Waals surface area contributed by atoms with Crippen molar-refractivity contribution in [1.29, 1.82) is 0 Å². The van der Waals surface area contributed by atoms with Crippen LogP contribution in [-0.4, -0.2) is 29.1 Å². The normalized spacial score (nSPS) is 17.9. The first-order chi connectivity index (χ1) is 18.9. The summed E-state index contributed by atoms with van der Waals surface area (Å²) in [6.45, 7) is 0. The van der Waals surface area contributed by atoms with Crippen LogP contribution in [0.2, 0.25) is 0 Å². The summed E-state index contributed by atoms with van der Waals surface area (Å²) in [4.78, 5) is 44.9. The lowest BCUT2D eigenvalue weighted by atomic mass is 9.84. The van der Waals surface area contributed by atoms with Crippen LogP contribution < -0.4 is 15.2 Å². The number of benzene rings is 3. The van der Waals surface area contributed by atoms with Crippen molar-refractivity contribution in [1.82, 2.24) is 10.2 Å². The fourth-order valence-electron chi connectivity index (χ4n) is 5.29. The number of fused-ring (bicyclic) bond motifs is 5. The molecule has 2 aliphatic heterocycles. The minimum absolute atomic E-state index is 0.0243. The standard InChI is InChI=1S/C28H17FN4O4S2/c1-32-19-8-4-3-7-18(19)28(25(32)36)21-22(34)17-6-2-5-9-20(17)37-23(21)24(35)33(28)26-30-31-27(39-26)38-14-15-10-12-16(29)13-11-15/h2-13H,14H2,1H3. The predicted molar refractivity (Wildman–Crippen MR) is 146 cm³/mol. The summed E-state index contributed by atoms with van der Waals surface area (Å²) in [7, 11) is 1.61. The molecule has 8 nitrogen and oxygen atoms in total. The molecule has 7 rings (SSSR count). The largest absolute Gasteiger partial charge is 0.450 e. The molecule has 2 aromatic heterocycles. The summed E-state index contributed by atoms with van der Waals surface area (Å²) >= 11 is 2.50. The molecule has 1 spiro atoms. The predicted octanol–water partition coefficient (Wildman–Crippen LogP) is 4.96. The van der Waals surface area contributed by atoms with Crippen LogP contribution in [0.3, 0.4) is 0 Å². The minimum Gasteiger partial charge on any atom is -0.450 e. The van der Waals surface area contributed by atoms with Gasteiger partial charge >= 0.3 is 0 Å². The van der Waals surface area contributed by atoms with Gasteiger partial charge in [0.1, 0.15) is 11.4 Å². The third kappa shape index (κ3) is 3.26. The van der Waals surface area contributed by atoms with Gasteiger partial charge in [-0.2, -0.15) is 0 Å². The fourth-order valence-corrected chi connectivity index (χ4v) is 7.14. The fraction of sp³-hybridized carbons (Fsp3) is 0.107. The van der Waals surface area contributed by atoms with Gasteiger partial charge in [0.15, 0.2) is 15.3 Å². The number of halogens is 1. The number of hydrogen-bond donors (Lipinski definition) is 0. The molecule has 2 aliphatic rings. The molecule has 0 aliphatic carbocycles. The Hall–Kier alpha value is -4.35. The van der Waals surface area contributed by atoms with E-state index in [0.29, 0.717) is 21.3 Å². The molecule has 39 heavy (non-hydrogen) atoms. The zero-order chi connectivity index (χ0) is 26.9. The molecular weight excluding hydrogens is 539 g/mol. The number of rotatable bonds is 4. The molecule has 5 aromatic rings. The number of likely N-dealkylation sites (N-methyl/N-ethyl adjacent to an activating group) is 1. The van der Waals surface area contributed by atoms with E-state index in [-0.39, 0.29) is 33.2 Å². The minimum atomic E-state index is -1.79. The molecule has 1 unspecified atom stereocenters. The van der Waals surface area contributed by atoms with Crippen molar-refractivity contribution in [3.63, 3.8) is 0 Å². The SMILES string of the molecule is CN1C(=O)C2(c3ccccc31)c1c(oc3ccccc3c1=O)C(=O)N2c1nnc(SCc2ccc(F)cc2)s1. The van der Waals surface area contributed by atoms with Gasteiger partial charge in [0, 0.05) is 24.1 Å². The van der Waals surface area contributed by atoms with E-state index in [1.54, 1.807) is 67.7 Å². The molecular formula is C28H17FN4O4S2. The second-order valence-electron chi connectivity index (χ2n) is 9.13. The van der Waals surface area contributed by atoms with Gasteiger partial charge < -0.3 is 9.32 Å². The Morgan fingerprint density at radius 2 is 1.72 bits per heavy atom. The third-order valence-electron chi connectivity index (χ3n) is 7.02. The van der Waals surface area contributed by atoms with Crippen molar-refractivity contribution in [2.75, 3.05) is 16.8 Å². The number of anilines is 2. The average Bonchev–Trinajstić information content (AvgIpc) is 3.58. The maximum Gasteiger partial charge on any atom is 0.297 e. The van der Waals surface area contributed by atoms with E-state index in [1.165, 1.54) is 33.7 Å². The monoisotopic (exact) mass is 556 g/mol. The maximum atomic E-state index is 14.2. The number of carbonyl (C=O) groups is 2. The Bertz CT molecular complexity index is 1890. The summed E-state index contributed by atoms with van der Waals surface area (Å²) in [5.41, 5.74) is -0.0473. The van der Waals surface area contributed by atoms with Crippen molar-refractivity contribution in [2.45, 2.75) is 15.6 Å². The highest BCUT2D eigenvalue weighted by molar-refractivity contribution is 8.00. The number of aromatic nitrogens is 2. The number of hydrogen-bond acceptors (Lipinski definition) is 8. The Morgan fingerprint density at radius 1 is 0.974 bits per heavy atom. The molecule has 0 N–H and O–H groups in total. The Morgan fingerprint density at radius 3 is 2.54 bits per heavy atom. The molecule has 11 heteroatoms. The van der Waals surface area contributed by atoms with Gasteiger partial charge in [-0.1, -0.05) is 65.6 Å². The van der Waals surface area contributed by atoms with Gasteiger partial charge in [-0.3, -0.25) is 19.3 Å². The van der Waals surface area contributed by atoms with Crippen LogP contribution in [-0.2, 0) is 16.1 Å². The summed E-state index contributed by atoms with van der Waals surface area (Å²) < 4.78 is 19.8. The van der Waals surface area contributed by atoms with Gasteiger partial charge in [0.05, 0.1) is 10.9 Å². The van der Waals surface area contributed by atoms with Crippen LogP contribution in [0.4, 0.5) is 15.2 Å². The lowest BCUT2D eigenvalue weighted by molar-refractivity contribution is -0.121. The van der Waals surface area contributed by atoms with Crippen LogP contribution in [0, 0.1) is 5.82 Å². The van der Waals surface area contributed by atoms with E-state index < -0.39 is 22.8 Å². The second-order valence-corrected chi connectivity index (χ2v) is 11.3. The van der Waals surface area contributed by atoms with Gasteiger partial charge in [0.25, 0.3) is 11.8 Å². The molecule has 4 heterocycles. The molecule has 0 fully saturated rings. The molecule has 0 bridgehead atoms. The van der Waals surface area contributed by atoms with Crippen LogP contribution in [0.1, 0.15) is 27.2 Å². The molecule has 0 radical (unpaired) electrons. The lowest BCUT2D eigenvalue weighted by Gasteiger charge is -2.31. The van der Waals surface area contributed by atoms with E-state index >= 15 is 0 Å². The van der Waals surface area contributed by atoms with E-state index in [4.69, 9.17) is 4.42 Å². The van der Waals surface area contributed by atoms with Crippen LogP contribution in [0.5, 0.6) is 0 Å². The van der Waals surface area contributed by atoms with Crippen LogP contribution in [0.15, 0.2) is 86.3 Å². The van der Waals surface area contributed by atoms with E-state index in [2.05, 4.69) is 10.2 Å². The first-order valence-electron chi connectivity index (χ1n) is 11.9. The molecule has 1 atom stereocenters. The first-order valence-corrected chi connectivity index (χ1v) is 13.7. The zero-order valence-electron chi connectivity index (χ0n) is 20.3. The maximum absolute atomic E-state index is 14.2. The van der Waals surface area contributed by atoms with E-state index in [0.717, 1.165) is 16.9 Å². The number of thioether (sulfide) groups is 1. The lowest BCUT2D eigenvalue weighted by Crippen LogP contribution is -2.53. The summed E-state index contributed by atoms with van der Waals surface area (Å²) in [5.74, 6) is -1.11. The summed E-state index contributed by atoms with van der Waals surface area (Å²) in [6.07, 6.45) is 0. The quantitative estimate of drug-likeness (QED) is 0.228. The number of nitrogens with zero attached hydrogens (tertiary/aromatic N) is 4. The van der Waals surface area contributed by atoms with Crippen molar-refractivity contribution in [3.8, 4) is 0 Å². The van der Waals surface area contributed by atoms with Gasteiger partial charge in [-0.05, 0) is 35.9 Å². The highest BCUT2D eigenvalue weighted by Gasteiger charge is 2.66.